The first-order chi connectivity index (χ1) is 28.8. The van der Waals surface area contributed by atoms with E-state index in [9.17, 15) is 9.59 Å². The van der Waals surface area contributed by atoms with Crippen LogP contribution in [0.4, 0.5) is 0 Å². The normalized spacial score (nSPS) is 11.9. The van der Waals surface area contributed by atoms with Gasteiger partial charge in [-0.25, -0.2) is 19.6 Å². The highest BCUT2D eigenvalue weighted by Gasteiger charge is 2.19. The average molecular weight is 789 g/mol. The molecule has 7 aromatic rings. The van der Waals surface area contributed by atoms with Crippen LogP contribution in [0.1, 0.15) is 115 Å². The largest absolute Gasteiger partial charge is 0.462 e. The highest BCUT2D eigenvalue weighted by atomic mass is 16.5. The molecule has 7 rings (SSSR count). The smallest absolute Gasteiger partial charge is 0.338 e. The van der Waals surface area contributed by atoms with E-state index in [0.717, 1.165) is 106 Å². The van der Waals surface area contributed by atoms with Gasteiger partial charge in [-0.15, -0.1) is 0 Å². The lowest BCUT2D eigenvalue weighted by molar-refractivity contribution is 0.0477. The Balaban J connectivity index is 0.971. The van der Waals surface area contributed by atoms with Crippen LogP contribution < -0.4 is 0 Å². The van der Waals surface area contributed by atoms with Gasteiger partial charge in [0.25, 0.3) is 0 Å². The summed E-state index contributed by atoms with van der Waals surface area (Å²) >= 11 is 0. The minimum atomic E-state index is -0.342. The minimum absolute atomic E-state index is 0.268. The third-order valence-corrected chi connectivity index (χ3v) is 11.4. The minimum Gasteiger partial charge on any atom is -0.462 e. The quantitative estimate of drug-likeness (QED) is 0.0635. The zero-order valence-corrected chi connectivity index (χ0v) is 35.2. The van der Waals surface area contributed by atoms with Crippen LogP contribution in [0.15, 0.2) is 109 Å². The predicted octanol–water partition coefficient (Wildman–Crippen LogP) is 12.0. The van der Waals surface area contributed by atoms with E-state index in [4.69, 9.17) is 19.4 Å². The van der Waals surface area contributed by atoms with Crippen molar-refractivity contribution in [2.24, 2.45) is 7.05 Å². The summed E-state index contributed by atoms with van der Waals surface area (Å²) in [6.07, 6.45) is 7.36. The van der Waals surface area contributed by atoms with Crippen molar-refractivity contribution in [3.05, 3.63) is 143 Å². The van der Waals surface area contributed by atoms with E-state index in [-0.39, 0.29) is 11.9 Å². The van der Waals surface area contributed by atoms with E-state index in [1.807, 2.05) is 60.7 Å². The second-order valence-electron chi connectivity index (χ2n) is 15.7. The second kappa shape index (κ2) is 19.2. The summed E-state index contributed by atoms with van der Waals surface area (Å²) in [7, 11) is 2.07. The highest BCUT2D eigenvalue weighted by Crippen LogP contribution is 2.32. The van der Waals surface area contributed by atoms with Crippen molar-refractivity contribution >= 4 is 34.0 Å². The first-order valence-corrected chi connectivity index (χ1v) is 21.3. The summed E-state index contributed by atoms with van der Waals surface area (Å²) in [5, 5.41) is 0. The van der Waals surface area contributed by atoms with Gasteiger partial charge in [0.1, 0.15) is 11.6 Å². The Morgan fingerprint density at radius 2 is 1.37 bits per heavy atom. The lowest BCUT2D eigenvalue weighted by Gasteiger charge is -2.15. The molecule has 0 amide bonds. The van der Waals surface area contributed by atoms with E-state index in [1.165, 1.54) is 0 Å². The van der Waals surface area contributed by atoms with Gasteiger partial charge in [0.05, 0.1) is 46.4 Å². The van der Waals surface area contributed by atoms with Crippen molar-refractivity contribution in [3.8, 4) is 22.5 Å². The van der Waals surface area contributed by atoms with Crippen LogP contribution in [0.25, 0.3) is 44.6 Å². The number of para-hydroxylation sites is 2. The van der Waals surface area contributed by atoms with Crippen molar-refractivity contribution in [1.82, 2.24) is 19.1 Å². The number of carbonyl (C=O) groups excluding carboxylic acids is 2. The Morgan fingerprint density at radius 3 is 2.10 bits per heavy atom. The predicted molar refractivity (Wildman–Crippen MR) is 238 cm³/mol. The maximum absolute atomic E-state index is 13.4. The number of hydrogen-bond donors (Lipinski definition) is 0. The number of ether oxygens (including phenoxy) is 2. The summed E-state index contributed by atoms with van der Waals surface area (Å²) < 4.78 is 15.9. The van der Waals surface area contributed by atoms with Crippen LogP contribution in [0, 0.1) is 6.92 Å². The number of esters is 2. The molecule has 0 spiro atoms. The maximum Gasteiger partial charge on any atom is 0.338 e. The molecule has 59 heavy (non-hydrogen) atoms. The Labute approximate surface area is 348 Å². The van der Waals surface area contributed by atoms with Crippen LogP contribution in [-0.4, -0.2) is 44.3 Å². The van der Waals surface area contributed by atoms with Gasteiger partial charge in [0, 0.05) is 25.6 Å². The Bertz CT molecular complexity index is 2550. The van der Waals surface area contributed by atoms with Gasteiger partial charge >= 0.3 is 11.9 Å². The number of benzene rings is 5. The van der Waals surface area contributed by atoms with Crippen molar-refractivity contribution < 1.29 is 19.1 Å². The number of carbonyl (C=O) groups is 2. The van der Waals surface area contributed by atoms with Gasteiger partial charge in [-0.1, -0.05) is 106 Å². The fourth-order valence-corrected chi connectivity index (χ4v) is 8.09. The number of rotatable bonds is 18. The van der Waals surface area contributed by atoms with Crippen molar-refractivity contribution in [1.29, 1.82) is 0 Å². The van der Waals surface area contributed by atoms with Gasteiger partial charge < -0.3 is 18.6 Å². The Hall–Kier alpha value is -6.02. The topological polar surface area (TPSA) is 88.2 Å². The number of fused-ring (bicyclic) bond motifs is 2. The number of hydrogen-bond acceptors (Lipinski definition) is 6. The molecular formula is C51H56N4O4. The van der Waals surface area contributed by atoms with Gasteiger partial charge in [-0.3, -0.25) is 0 Å². The molecule has 5 aromatic carbocycles. The number of imidazole rings is 2. The molecule has 0 fully saturated rings. The summed E-state index contributed by atoms with van der Waals surface area (Å²) in [4.78, 5) is 36.4. The van der Waals surface area contributed by atoms with Crippen molar-refractivity contribution in [2.75, 3.05) is 13.2 Å². The van der Waals surface area contributed by atoms with E-state index in [1.54, 1.807) is 0 Å². The third-order valence-electron chi connectivity index (χ3n) is 11.4. The SMILES string of the molecule is CCCCC(C)c1ccccc1C(=O)OCCCCCOC(=O)c1ccccc1-c1ccc(Cn2c(CCC)nc3c(C)cc(-c4nc5ccccc5n4C)cc32)cc1. The molecule has 1 atom stereocenters. The first-order valence-electron chi connectivity index (χ1n) is 21.3. The molecule has 0 N–H and O–H groups in total. The molecule has 8 nitrogen and oxygen atoms in total. The monoisotopic (exact) mass is 788 g/mol. The summed E-state index contributed by atoms with van der Waals surface area (Å²) in [5.74, 6) is 1.71. The summed E-state index contributed by atoms with van der Waals surface area (Å²) in [5.41, 5.74) is 11.6. The molecular weight excluding hydrogens is 733 g/mol. The third kappa shape index (κ3) is 9.33. The number of aromatic nitrogens is 4. The molecule has 304 valence electrons. The fourth-order valence-electron chi connectivity index (χ4n) is 8.09. The number of unbranched alkanes of at least 4 members (excludes halogenated alkanes) is 3. The highest BCUT2D eigenvalue weighted by molar-refractivity contribution is 5.97. The zero-order valence-electron chi connectivity index (χ0n) is 35.2. The van der Waals surface area contributed by atoms with Crippen molar-refractivity contribution in [2.45, 2.75) is 91.5 Å². The molecule has 0 saturated carbocycles. The Morgan fingerprint density at radius 1 is 0.695 bits per heavy atom. The summed E-state index contributed by atoms with van der Waals surface area (Å²) in [6, 6.07) is 36.5. The molecule has 0 saturated heterocycles. The molecule has 0 aliphatic rings. The zero-order chi connectivity index (χ0) is 41.3. The maximum atomic E-state index is 13.4. The lowest BCUT2D eigenvalue weighted by Crippen LogP contribution is -2.11. The molecule has 2 heterocycles. The van der Waals surface area contributed by atoms with Crippen LogP contribution in [0.5, 0.6) is 0 Å². The average Bonchev–Trinajstić information content (AvgIpc) is 3.79. The van der Waals surface area contributed by atoms with Crippen LogP contribution >= 0.6 is 0 Å². The van der Waals surface area contributed by atoms with Crippen molar-refractivity contribution in [3.63, 3.8) is 0 Å². The molecule has 0 aliphatic carbocycles. The van der Waals surface area contributed by atoms with Crippen LogP contribution in [0.2, 0.25) is 0 Å². The molecule has 0 radical (unpaired) electrons. The van der Waals surface area contributed by atoms with Gasteiger partial charge in [-0.2, -0.15) is 0 Å². The second-order valence-corrected chi connectivity index (χ2v) is 15.7. The van der Waals surface area contributed by atoms with Gasteiger partial charge in [0.2, 0.25) is 0 Å². The number of aryl methyl sites for hydroxylation is 3. The lowest BCUT2D eigenvalue weighted by atomic mass is 9.91. The van der Waals surface area contributed by atoms with E-state index >= 15 is 0 Å². The molecule has 2 aromatic heterocycles. The molecule has 0 aliphatic heterocycles. The van der Waals surface area contributed by atoms with Crippen LogP contribution in [-0.2, 0) is 29.5 Å². The molecule has 8 heteroatoms. The fraction of sp³-hybridized carbons (Fsp3) is 0.333. The van der Waals surface area contributed by atoms with Gasteiger partial charge in [0.15, 0.2) is 0 Å². The first kappa shape index (κ1) is 41.2. The van der Waals surface area contributed by atoms with E-state index in [0.29, 0.717) is 49.6 Å². The Kier molecular flexibility index (Phi) is 13.4. The number of nitrogens with zero attached hydrogens (tertiary/aromatic N) is 4. The van der Waals surface area contributed by atoms with Gasteiger partial charge in [-0.05, 0) is 109 Å². The molecule has 1 unspecified atom stereocenters. The summed E-state index contributed by atoms with van der Waals surface area (Å²) in [6.45, 7) is 9.99. The molecule has 0 bridgehead atoms. The van der Waals surface area contributed by atoms with E-state index in [2.05, 4.69) is 92.4 Å². The standard InChI is InChI=1S/C51H56N4O4/c1-6-8-19-35(3)40-20-10-12-22-42(40)50(56)58-30-16-9-17-31-59-51(57)43-23-13-11-21-41(43)38-28-26-37(27-29-38)34-55-46-33-39(32-36(4)48(46)53-47(55)18-7-2)49-52-44-24-14-15-25-45(44)54(49)5/h10-15,20-29,32-33,35H,6-9,16-19,30-31,34H2,1-5H3. The van der Waals surface area contributed by atoms with E-state index < -0.39 is 0 Å². The van der Waals surface area contributed by atoms with Crippen LogP contribution in [0.3, 0.4) is 0 Å².